The topological polar surface area (TPSA) is 95.0 Å². The molecule has 0 radical (unpaired) electrons. The van der Waals surface area contributed by atoms with E-state index in [4.69, 9.17) is 40.2 Å². The number of thiophene rings is 1. The third-order valence-electron chi connectivity index (χ3n) is 4.53. The van der Waals surface area contributed by atoms with E-state index in [1.165, 1.54) is 11.3 Å². The molecule has 164 valence electrons. The number of fused-ring (bicyclic) bond motifs is 1. The largest absolute Gasteiger partial charge is 0.506 e. The third-order valence-corrected chi connectivity index (χ3v) is 6.48. The minimum Gasteiger partial charge on any atom is -0.506 e. The number of nitrogens with zero attached hydrogens (tertiary/aromatic N) is 1. The van der Waals surface area contributed by atoms with Crippen LogP contribution >= 0.6 is 46.8 Å². The Hall–Kier alpha value is -2.85. The van der Waals surface area contributed by atoms with Crippen molar-refractivity contribution in [3.8, 4) is 21.9 Å². The van der Waals surface area contributed by atoms with Crippen LogP contribution in [0.2, 0.25) is 10.0 Å². The fraction of sp³-hybridized carbons (Fsp3) is 0.0952. The number of rotatable bonds is 4. The molecule has 2 heterocycles. The van der Waals surface area contributed by atoms with Crippen molar-refractivity contribution in [1.29, 1.82) is 0 Å². The Labute approximate surface area is 203 Å². The summed E-state index contributed by atoms with van der Waals surface area (Å²) in [6, 6.07) is 10.4. The number of benzene rings is 2. The van der Waals surface area contributed by atoms with Crippen molar-refractivity contribution in [2.75, 3.05) is 17.2 Å². The van der Waals surface area contributed by atoms with Crippen LogP contribution in [0, 0.1) is 0 Å². The zero-order valence-corrected chi connectivity index (χ0v) is 19.7. The molecule has 0 fully saturated rings. The highest BCUT2D eigenvalue weighted by Gasteiger charge is 2.17. The van der Waals surface area contributed by atoms with Crippen molar-refractivity contribution >= 4 is 74.9 Å². The molecule has 0 spiro atoms. The van der Waals surface area contributed by atoms with E-state index in [0.29, 0.717) is 43.3 Å². The van der Waals surface area contributed by atoms with Gasteiger partial charge in [-0.2, -0.15) is 5.10 Å². The van der Waals surface area contributed by atoms with Gasteiger partial charge in [0.05, 0.1) is 31.9 Å². The Morgan fingerprint density at radius 3 is 2.84 bits per heavy atom. The van der Waals surface area contributed by atoms with Crippen LogP contribution in [0.15, 0.2) is 46.9 Å². The summed E-state index contributed by atoms with van der Waals surface area (Å²) in [4.78, 5) is 12.0. The van der Waals surface area contributed by atoms with Crippen molar-refractivity contribution in [2.24, 2.45) is 5.10 Å². The highest BCUT2D eigenvalue weighted by atomic mass is 35.5. The first-order valence-corrected chi connectivity index (χ1v) is 11.3. The SMILES string of the molecule is C/C(=N/NC(=S)Nc1ccc2c(c1)OCC(=O)N2)c1csc(-c2ccc(Cl)c(Cl)c2)c1O. The van der Waals surface area contributed by atoms with E-state index in [-0.39, 0.29) is 23.4 Å². The van der Waals surface area contributed by atoms with Gasteiger partial charge in [0.15, 0.2) is 11.7 Å². The quantitative estimate of drug-likeness (QED) is 0.213. The zero-order chi connectivity index (χ0) is 22.8. The molecule has 11 heteroatoms. The lowest BCUT2D eigenvalue weighted by molar-refractivity contribution is -0.118. The van der Waals surface area contributed by atoms with Gasteiger partial charge in [-0.15, -0.1) is 11.3 Å². The van der Waals surface area contributed by atoms with Gasteiger partial charge in [-0.25, -0.2) is 0 Å². The summed E-state index contributed by atoms with van der Waals surface area (Å²) < 4.78 is 5.39. The maximum Gasteiger partial charge on any atom is 0.262 e. The van der Waals surface area contributed by atoms with Crippen LogP contribution in [0.25, 0.3) is 10.4 Å². The second-order valence-electron chi connectivity index (χ2n) is 6.77. The number of amides is 1. The molecule has 32 heavy (non-hydrogen) atoms. The van der Waals surface area contributed by atoms with Crippen LogP contribution in [-0.2, 0) is 4.79 Å². The van der Waals surface area contributed by atoms with Gasteiger partial charge < -0.3 is 20.5 Å². The maximum atomic E-state index is 11.4. The molecule has 2 aromatic carbocycles. The predicted molar refractivity (Wildman–Crippen MR) is 134 cm³/mol. The first kappa shape index (κ1) is 22.3. The molecule has 0 saturated carbocycles. The molecule has 0 bridgehead atoms. The standard InChI is InChI=1S/C21H16Cl2N4O3S2/c1-10(13-9-32-20(19(13)29)11-2-4-14(22)15(23)6-11)26-27-21(31)24-12-3-5-16-17(7-12)30-8-18(28)25-16/h2-7,9,29H,8H2,1H3,(H,25,28)(H2,24,27,31)/b26-10-. The number of hydrogen-bond acceptors (Lipinski definition) is 6. The summed E-state index contributed by atoms with van der Waals surface area (Å²) in [6.45, 7) is 1.72. The van der Waals surface area contributed by atoms with Crippen molar-refractivity contribution in [3.63, 3.8) is 0 Å². The highest BCUT2D eigenvalue weighted by Crippen LogP contribution is 2.40. The first-order chi connectivity index (χ1) is 15.3. The molecule has 0 aliphatic carbocycles. The van der Waals surface area contributed by atoms with Crippen LogP contribution in [0.5, 0.6) is 11.5 Å². The molecule has 3 aromatic rings. The maximum absolute atomic E-state index is 11.4. The van der Waals surface area contributed by atoms with Gasteiger partial charge >= 0.3 is 0 Å². The van der Waals surface area contributed by atoms with E-state index in [0.717, 1.165) is 5.56 Å². The summed E-state index contributed by atoms with van der Waals surface area (Å²) >= 11 is 18.7. The molecule has 1 amide bonds. The minimum absolute atomic E-state index is 0.0308. The second-order valence-corrected chi connectivity index (χ2v) is 8.87. The van der Waals surface area contributed by atoms with Gasteiger partial charge in [0.2, 0.25) is 0 Å². The fourth-order valence-corrected chi connectivity index (χ4v) is 4.42. The molecule has 4 rings (SSSR count). The molecule has 1 aliphatic heterocycles. The number of halogens is 2. The summed E-state index contributed by atoms with van der Waals surface area (Å²) in [5, 5.41) is 23.6. The average molecular weight is 507 g/mol. The molecule has 4 N–H and O–H groups in total. The molecule has 1 aliphatic rings. The van der Waals surface area contributed by atoms with Crippen molar-refractivity contribution in [3.05, 3.63) is 57.4 Å². The summed E-state index contributed by atoms with van der Waals surface area (Å²) in [5.74, 6) is 0.457. The molecular formula is C21H16Cl2N4O3S2. The monoisotopic (exact) mass is 506 g/mol. The highest BCUT2D eigenvalue weighted by molar-refractivity contribution is 7.80. The van der Waals surface area contributed by atoms with Gasteiger partial charge in [0.25, 0.3) is 5.91 Å². The van der Waals surface area contributed by atoms with Crippen molar-refractivity contribution in [1.82, 2.24) is 5.43 Å². The average Bonchev–Trinajstić information content (AvgIpc) is 3.15. The van der Waals surface area contributed by atoms with Gasteiger partial charge in [-0.05, 0) is 49.0 Å². The Morgan fingerprint density at radius 2 is 2.06 bits per heavy atom. The summed E-state index contributed by atoms with van der Waals surface area (Å²) in [6.07, 6.45) is 0. The number of hydrazone groups is 1. The normalized spacial score (nSPS) is 13.1. The van der Waals surface area contributed by atoms with Crippen molar-refractivity contribution in [2.45, 2.75) is 6.92 Å². The van der Waals surface area contributed by atoms with Crippen LogP contribution in [0.1, 0.15) is 12.5 Å². The number of aromatic hydroxyl groups is 1. The Morgan fingerprint density at radius 1 is 1.25 bits per heavy atom. The van der Waals surface area contributed by atoms with Crippen LogP contribution in [-0.4, -0.2) is 28.4 Å². The van der Waals surface area contributed by atoms with Crippen LogP contribution < -0.4 is 20.8 Å². The van der Waals surface area contributed by atoms with E-state index >= 15 is 0 Å². The molecule has 0 saturated heterocycles. The first-order valence-electron chi connectivity index (χ1n) is 9.26. The number of anilines is 2. The lowest BCUT2D eigenvalue weighted by atomic mass is 10.1. The zero-order valence-electron chi connectivity index (χ0n) is 16.5. The fourth-order valence-electron chi connectivity index (χ4n) is 2.96. The van der Waals surface area contributed by atoms with E-state index in [1.807, 2.05) is 0 Å². The van der Waals surface area contributed by atoms with Gasteiger partial charge in [0.1, 0.15) is 11.5 Å². The number of carbonyl (C=O) groups is 1. The third kappa shape index (κ3) is 4.81. The molecule has 0 unspecified atom stereocenters. The van der Waals surface area contributed by atoms with E-state index in [1.54, 1.807) is 48.7 Å². The second kappa shape index (κ2) is 9.33. The van der Waals surface area contributed by atoms with E-state index in [9.17, 15) is 9.90 Å². The number of ether oxygens (including phenoxy) is 1. The van der Waals surface area contributed by atoms with Gasteiger partial charge in [-0.3, -0.25) is 10.2 Å². The molecular weight excluding hydrogens is 491 g/mol. The smallest absolute Gasteiger partial charge is 0.262 e. The number of nitrogens with one attached hydrogen (secondary N) is 3. The lowest BCUT2D eigenvalue weighted by Gasteiger charge is -2.18. The van der Waals surface area contributed by atoms with Crippen LogP contribution in [0.4, 0.5) is 11.4 Å². The van der Waals surface area contributed by atoms with Crippen molar-refractivity contribution < 1.29 is 14.6 Å². The predicted octanol–water partition coefficient (Wildman–Crippen LogP) is 5.47. The lowest BCUT2D eigenvalue weighted by Crippen LogP contribution is -2.26. The van der Waals surface area contributed by atoms with E-state index in [2.05, 4.69) is 21.2 Å². The number of thiocarbonyl (C=S) groups is 1. The summed E-state index contributed by atoms with van der Waals surface area (Å²) in [7, 11) is 0. The van der Waals surface area contributed by atoms with Gasteiger partial charge in [-0.1, -0.05) is 29.3 Å². The Balaban J connectivity index is 1.44. The molecule has 0 atom stereocenters. The number of carbonyl (C=O) groups excluding carboxylic acids is 1. The number of hydrogen-bond donors (Lipinski definition) is 4. The Kier molecular flexibility index (Phi) is 6.52. The van der Waals surface area contributed by atoms with E-state index < -0.39 is 0 Å². The summed E-state index contributed by atoms with van der Waals surface area (Å²) in [5.41, 5.74) is 5.92. The Bertz CT molecular complexity index is 1260. The van der Waals surface area contributed by atoms with Gasteiger partial charge in [0, 0.05) is 17.1 Å². The molecule has 7 nitrogen and oxygen atoms in total. The minimum atomic E-state index is -0.195. The van der Waals surface area contributed by atoms with Crippen LogP contribution in [0.3, 0.4) is 0 Å². The molecule has 1 aromatic heterocycles.